The second-order valence-corrected chi connectivity index (χ2v) is 11.5. The number of aromatic amines is 2. The minimum Gasteiger partial charge on any atom is -0.352 e. The predicted octanol–water partition coefficient (Wildman–Crippen LogP) is 5.22. The summed E-state index contributed by atoms with van der Waals surface area (Å²) in [5, 5.41) is 11.8. The van der Waals surface area contributed by atoms with Crippen LogP contribution in [0, 0.1) is 5.92 Å². The van der Waals surface area contributed by atoms with E-state index in [1.807, 2.05) is 36.7 Å². The highest BCUT2D eigenvalue weighted by Crippen LogP contribution is 2.33. The van der Waals surface area contributed by atoms with Gasteiger partial charge in [-0.1, -0.05) is 25.3 Å². The standard InChI is InChI=1S/C31H35N9O/c1-39-11-13-40(14-12-39)31-29-26(9-10-33-31)35-30(36-29)28-24-17-21(7-8-25(24)37-38-28)22-16-23(19-32-18-22)34-27(41)15-20-5-3-2-4-6-20/h7-10,16-20H,2-6,11-15H2,1H3,(H,34,41)(H,35,36)(H,37,38). The van der Waals surface area contributed by atoms with Crippen molar-refractivity contribution in [2.45, 2.75) is 38.5 Å². The van der Waals surface area contributed by atoms with Gasteiger partial charge in [-0.3, -0.25) is 14.9 Å². The lowest BCUT2D eigenvalue weighted by Gasteiger charge is -2.33. The minimum atomic E-state index is 0.0683. The van der Waals surface area contributed by atoms with Gasteiger partial charge in [0.25, 0.3) is 0 Å². The van der Waals surface area contributed by atoms with Crippen molar-refractivity contribution in [1.29, 1.82) is 0 Å². The van der Waals surface area contributed by atoms with Gasteiger partial charge in [-0.25, -0.2) is 9.97 Å². The summed E-state index contributed by atoms with van der Waals surface area (Å²) in [5.41, 5.74) is 6.13. The summed E-state index contributed by atoms with van der Waals surface area (Å²) in [6.45, 7) is 3.85. The van der Waals surface area contributed by atoms with Crippen LogP contribution in [0.25, 0.3) is 44.6 Å². The Labute approximate surface area is 238 Å². The molecule has 1 aliphatic carbocycles. The van der Waals surface area contributed by atoms with E-state index in [4.69, 9.17) is 4.98 Å². The van der Waals surface area contributed by atoms with Gasteiger partial charge in [0.1, 0.15) is 11.2 Å². The van der Waals surface area contributed by atoms with Gasteiger partial charge < -0.3 is 20.1 Å². The van der Waals surface area contributed by atoms with Crippen LogP contribution in [0.1, 0.15) is 38.5 Å². The van der Waals surface area contributed by atoms with E-state index in [9.17, 15) is 4.79 Å². The maximum atomic E-state index is 12.7. The quantitative estimate of drug-likeness (QED) is 0.266. The van der Waals surface area contributed by atoms with E-state index in [0.717, 1.165) is 89.3 Å². The Balaban J connectivity index is 1.16. The van der Waals surface area contributed by atoms with E-state index in [1.54, 1.807) is 6.20 Å². The fourth-order valence-electron chi connectivity index (χ4n) is 6.19. The van der Waals surface area contributed by atoms with E-state index in [-0.39, 0.29) is 5.91 Å². The second-order valence-electron chi connectivity index (χ2n) is 11.5. The Morgan fingerprint density at radius 1 is 1.00 bits per heavy atom. The molecule has 1 aromatic carbocycles. The number of nitrogens with zero attached hydrogens (tertiary/aromatic N) is 6. The number of piperazine rings is 1. The van der Waals surface area contributed by atoms with Crippen LogP contribution in [0.3, 0.4) is 0 Å². The zero-order valence-corrected chi connectivity index (χ0v) is 23.4. The monoisotopic (exact) mass is 549 g/mol. The van der Waals surface area contributed by atoms with Crippen LogP contribution in [0.15, 0.2) is 48.9 Å². The second kappa shape index (κ2) is 10.9. The van der Waals surface area contributed by atoms with Crippen LogP contribution in [0.2, 0.25) is 0 Å². The van der Waals surface area contributed by atoms with Crippen molar-refractivity contribution >= 4 is 39.3 Å². The molecule has 10 nitrogen and oxygen atoms in total. The first kappa shape index (κ1) is 25.6. The molecule has 4 aromatic heterocycles. The topological polar surface area (TPSA) is 119 Å². The summed E-state index contributed by atoms with van der Waals surface area (Å²) in [6.07, 6.45) is 12.0. The number of carbonyl (C=O) groups is 1. The Kier molecular flexibility index (Phi) is 6.84. The normalized spacial score (nSPS) is 17.0. The van der Waals surface area contributed by atoms with Crippen LogP contribution in [-0.2, 0) is 4.79 Å². The van der Waals surface area contributed by atoms with Gasteiger partial charge in [0.15, 0.2) is 11.6 Å². The van der Waals surface area contributed by atoms with Crippen LogP contribution >= 0.6 is 0 Å². The van der Waals surface area contributed by atoms with E-state index in [0.29, 0.717) is 18.2 Å². The van der Waals surface area contributed by atoms with E-state index < -0.39 is 0 Å². The van der Waals surface area contributed by atoms with Gasteiger partial charge >= 0.3 is 0 Å². The summed E-state index contributed by atoms with van der Waals surface area (Å²) >= 11 is 0. The minimum absolute atomic E-state index is 0.0683. The molecule has 2 aliphatic rings. The number of likely N-dealkylation sites (N-methyl/N-ethyl adjacent to an activating group) is 1. The van der Waals surface area contributed by atoms with Gasteiger partial charge in [0, 0.05) is 55.9 Å². The van der Waals surface area contributed by atoms with E-state index >= 15 is 0 Å². The third kappa shape index (κ3) is 5.27. The first-order chi connectivity index (χ1) is 20.1. The number of nitrogens with one attached hydrogen (secondary N) is 3. The Hall–Kier alpha value is -4.31. The average Bonchev–Trinajstić information content (AvgIpc) is 3.62. The molecule has 1 saturated carbocycles. The number of imidazole rings is 1. The molecule has 0 atom stereocenters. The molecule has 0 bridgehead atoms. The van der Waals surface area contributed by atoms with E-state index in [2.05, 4.69) is 53.4 Å². The molecule has 0 spiro atoms. The zero-order valence-electron chi connectivity index (χ0n) is 23.4. The number of pyridine rings is 2. The van der Waals surface area contributed by atoms with Gasteiger partial charge in [-0.2, -0.15) is 5.10 Å². The molecule has 3 N–H and O–H groups in total. The molecule has 0 unspecified atom stereocenters. The number of H-pyrrole nitrogens is 2. The first-order valence-corrected chi connectivity index (χ1v) is 14.6. The number of hydrogen-bond acceptors (Lipinski definition) is 7. The van der Waals surface area contributed by atoms with Crippen molar-refractivity contribution < 1.29 is 4.79 Å². The first-order valence-electron chi connectivity index (χ1n) is 14.6. The highest BCUT2D eigenvalue weighted by molar-refractivity contribution is 5.97. The average molecular weight is 550 g/mol. The summed E-state index contributed by atoms with van der Waals surface area (Å²) in [6, 6.07) is 10.1. The van der Waals surface area contributed by atoms with E-state index in [1.165, 1.54) is 19.3 Å². The van der Waals surface area contributed by atoms with Crippen LogP contribution in [0.4, 0.5) is 11.5 Å². The summed E-state index contributed by atoms with van der Waals surface area (Å²) in [7, 11) is 2.15. The number of rotatable bonds is 6. The zero-order chi connectivity index (χ0) is 27.8. The van der Waals surface area contributed by atoms with Gasteiger partial charge in [-0.05, 0) is 55.6 Å². The van der Waals surface area contributed by atoms with Crippen LogP contribution in [-0.4, -0.2) is 74.2 Å². The number of hydrogen-bond donors (Lipinski definition) is 3. The smallest absolute Gasteiger partial charge is 0.224 e. The number of amides is 1. The molecule has 41 heavy (non-hydrogen) atoms. The fraction of sp³-hybridized carbons (Fsp3) is 0.387. The third-order valence-electron chi connectivity index (χ3n) is 8.53. The molecule has 10 heteroatoms. The molecule has 0 radical (unpaired) electrons. The Morgan fingerprint density at radius 3 is 2.71 bits per heavy atom. The maximum Gasteiger partial charge on any atom is 0.224 e. The van der Waals surface area contributed by atoms with Crippen molar-refractivity contribution in [3.05, 3.63) is 48.9 Å². The molecular formula is C31H35N9O. The lowest BCUT2D eigenvalue weighted by molar-refractivity contribution is -0.117. The Morgan fingerprint density at radius 2 is 1.85 bits per heavy atom. The van der Waals surface area contributed by atoms with Crippen molar-refractivity contribution in [3.8, 4) is 22.6 Å². The van der Waals surface area contributed by atoms with Crippen LogP contribution in [0.5, 0.6) is 0 Å². The predicted molar refractivity (Wildman–Crippen MR) is 162 cm³/mol. The summed E-state index contributed by atoms with van der Waals surface area (Å²) in [4.78, 5) is 34.9. The van der Waals surface area contributed by atoms with Crippen LogP contribution < -0.4 is 10.2 Å². The number of anilines is 2. The number of fused-ring (bicyclic) bond motifs is 2. The SMILES string of the molecule is CN1CCN(c2nccc3[nH]c(-c4n[nH]c5ccc(-c6cncc(NC(=O)CC7CCCCC7)c6)cc45)nc23)CC1. The molecule has 2 fully saturated rings. The summed E-state index contributed by atoms with van der Waals surface area (Å²) < 4.78 is 0. The number of benzene rings is 1. The molecule has 1 saturated heterocycles. The highest BCUT2D eigenvalue weighted by Gasteiger charge is 2.21. The molecular weight excluding hydrogens is 514 g/mol. The molecule has 5 aromatic rings. The number of aromatic nitrogens is 6. The van der Waals surface area contributed by atoms with Gasteiger partial charge in [0.05, 0.1) is 22.9 Å². The van der Waals surface area contributed by atoms with Crippen molar-refractivity contribution in [1.82, 2.24) is 35.0 Å². The largest absolute Gasteiger partial charge is 0.352 e. The third-order valence-corrected chi connectivity index (χ3v) is 8.53. The lowest BCUT2D eigenvalue weighted by Crippen LogP contribution is -2.44. The van der Waals surface area contributed by atoms with Crippen molar-refractivity contribution in [2.75, 3.05) is 43.4 Å². The highest BCUT2D eigenvalue weighted by atomic mass is 16.1. The number of carbonyl (C=O) groups excluding carboxylic acids is 1. The maximum absolute atomic E-state index is 12.7. The molecule has 1 amide bonds. The summed E-state index contributed by atoms with van der Waals surface area (Å²) in [5.74, 6) is 2.17. The van der Waals surface area contributed by atoms with Gasteiger partial charge in [0.2, 0.25) is 5.91 Å². The molecule has 5 heterocycles. The molecule has 7 rings (SSSR count). The van der Waals surface area contributed by atoms with Crippen molar-refractivity contribution in [3.63, 3.8) is 0 Å². The van der Waals surface area contributed by atoms with Gasteiger partial charge in [-0.15, -0.1) is 0 Å². The lowest BCUT2D eigenvalue weighted by atomic mass is 9.87. The fourth-order valence-corrected chi connectivity index (χ4v) is 6.19. The molecule has 210 valence electrons. The van der Waals surface area contributed by atoms with Crippen molar-refractivity contribution in [2.24, 2.45) is 5.92 Å². The Bertz CT molecular complexity index is 1690. The molecule has 1 aliphatic heterocycles.